The Morgan fingerprint density at radius 1 is 1.35 bits per heavy atom. The highest BCUT2D eigenvalue weighted by Crippen LogP contribution is 2.50. The zero-order valence-electron chi connectivity index (χ0n) is 14.1. The molecule has 1 fully saturated rings. The maximum Gasteiger partial charge on any atom is 0.418 e. The van der Waals surface area contributed by atoms with Gasteiger partial charge in [-0.15, -0.1) is 0 Å². The number of rotatable bonds is 2. The van der Waals surface area contributed by atoms with Crippen molar-refractivity contribution in [1.82, 2.24) is 10.3 Å². The lowest BCUT2D eigenvalue weighted by Crippen LogP contribution is -2.42. The summed E-state index contributed by atoms with van der Waals surface area (Å²) in [6, 6.07) is 6.42. The van der Waals surface area contributed by atoms with E-state index in [0.717, 1.165) is 24.6 Å². The maximum absolute atomic E-state index is 13.8. The first-order chi connectivity index (χ1) is 12.4. The third-order valence-corrected chi connectivity index (χ3v) is 5.48. The molecule has 138 valence electrons. The number of nitrogens with one attached hydrogen (secondary N) is 2. The molecule has 26 heavy (non-hydrogen) atoms. The van der Waals surface area contributed by atoms with Crippen molar-refractivity contribution in [1.29, 1.82) is 0 Å². The van der Waals surface area contributed by atoms with Crippen molar-refractivity contribution in [2.24, 2.45) is 0 Å². The number of fused-ring (bicyclic) bond motifs is 3. The Balaban J connectivity index is 1.82. The maximum atomic E-state index is 13.8. The zero-order valence-corrected chi connectivity index (χ0v) is 14.8. The molecule has 0 aliphatic carbocycles. The van der Waals surface area contributed by atoms with Crippen LogP contribution in [0.4, 0.5) is 30.2 Å². The van der Waals surface area contributed by atoms with Crippen LogP contribution < -0.4 is 15.5 Å². The van der Waals surface area contributed by atoms with Crippen LogP contribution in [0.5, 0.6) is 0 Å². The lowest BCUT2D eigenvalue weighted by Gasteiger charge is -2.31. The molecule has 0 spiro atoms. The Bertz CT molecular complexity index is 840. The predicted molar refractivity (Wildman–Crippen MR) is 96.4 cm³/mol. The molecule has 2 unspecified atom stereocenters. The van der Waals surface area contributed by atoms with Crippen LogP contribution in [0.3, 0.4) is 0 Å². The van der Waals surface area contributed by atoms with Gasteiger partial charge >= 0.3 is 6.18 Å². The molecule has 0 amide bonds. The standard InChI is InChI=1S/C18H18ClF3N4/c1-26-15-4-6-23-9-12(15)11-7-10(8-13(16(11)26)18(20,21)22)25-14-3-2-5-24-17(14)19/h2-3,5,7-8,12,15,23,25H,4,6,9H2,1H3. The Hall–Kier alpha value is -1.99. The molecule has 1 saturated heterocycles. The van der Waals surface area contributed by atoms with E-state index in [-0.39, 0.29) is 17.1 Å². The SMILES string of the molecule is CN1c2c(cc(Nc3cccnc3Cl)cc2C(F)(F)F)C2CNCCC21. The van der Waals surface area contributed by atoms with Gasteiger partial charge in [0.05, 0.1) is 16.9 Å². The van der Waals surface area contributed by atoms with Gasteiger partial charge in [0.15, 0.2) is 5.15 Å². The Morgan fingerprint density at radius 2 is 2.15 bits per heavy atom. The van der Waals surface area contributed by atoms with Crippen LogP contribution in [-0.2, 0) is 6.18 Å². The zero-order chi connectivity index (χ0) is 18.5. The number of benzene rings is 1. The first kappa shape index (κ1) is 17.4. The fourth-order valence-electron chi connectivity index (χ4n) is 4.05. The second-order valence-electron chi connectivity index (χ2n) is 6.70. The topological polar surface area (TPSA) is 40.2 Å². The molecule has 4 nitrogen and oxygen atoms in total. The number of nitrogens with zero attached hydrogens (tertiary/aromatic N) is 2. The van der Waals surface area contributed by atoms with Crippen molar-refractivity contribution >= 4 is 28.7 Å². The molecule has 1 aromatic heterocycles. The first-order valence-electron chi connectivity index (χ1n) is 8.42. The van der Waals surface area contributed by atoms with Gasteiger partial charge in [-0.1, -0.05) is 11.6 Å². The fraction of sp³-hybridized carbons (Fsp3) is 0.389. The number of halogens is 4. The van der Waals surface area contributed by atoms with E-state index in [1.54, 1.807) is 24.1 Å². The van der Waals surface area contributed by atoms with E-state index in [0.29, 0.717) is 23.6 Å². The number of piperidine rings is 1. The summed E-state index contributed by atoms with van der Waals surface area (Å²) in [5, 5.41) is 6.50. The summed E-state index contributed by atoms with van der Waals surface area (Å²) in [6.45, 7) is 1.49. The van der Waals surface area contributed by atoms with Crippen molar-refractivity contribution < 1.29 is 13.2 Å². The summed E-state index contributed by atoms with van der Waals surface area (Å²) >= 11 is 6.04. The average molecular weight is 383 g/mol. The van der Waals surface area contributed by atoms with Gasteiger partial charge in [-0.2, -0.15) is 13.2 Å². The van der Waals surface area contributed by atoms with Crippen molar-refractivity contribution in [2.75, 3.05) is 30.4 Å². The van der Waals surface area contributed by atoms with Gasteiger partial charge in [0.1, 0.15) is 0 Å². The molecular formula is C18H18ClF3N4. The number of pyridine rings is 1. The van der Waals surface area contributed by atoms with E-state index in [1.165, 1.54) is 6.20 Å². The fourth-order valence-corrected chi connectivity index (χ4v) is 4.21. The van der Waals surface area contributed by atoms with Gasteiger partial charge in [0.2, 0.25) is 0 Å². The number of hydrogen-bond acceptors (Lipinski definition) is 4. The summed E-state index contributed by atoms with van der Waals surface area (Å²) in [7, 11) is 1.76. The second-order valence-corrected chi connectivity index (χ2v) is 7.06. The summed E-state index contributed by atoms with van der Waals surface area (Å²) in [5.74, 6) is 0.0379. The lowest BCUT2D eigenvalue weighted by molar-refractivity contribution is -0.137. The van der Waals surface area contributed by atoms with Crippen LogP contribution in [0.1, 0.15) is 23.5 Å². The van der Waals surface area contributed by atoms with Gasteiger partial charge in [-0.25, -0.2) is 4.98 Å². The number of anilines is 3. The number of hydrogen-bond donors (Lipinski definition) is 2. The molecule has 2 atom stereocenters. The van der Waals surface area contributed by atoms with E-state index in [9.17, 15) is 13.2 Å². The highest BCUT2D eigenvalue weighted by Gasteiger charge is 2.45. The van der Waals surface area contributed by atoms with Gasteiger partial charge in [0.25, 0.3) is 0 Å². The molecule has 2 aliphatic heterocycles. The van der Waals surface area contributed by atoms with E-state index >= 15 is 0 Å². The summed E-state index contributed by atoms with van der Waals surface area (Å²) in [5.41, 5.74) is 1.24. The van der Waals surface area contributed by atoms with Crippen LogP contribution in [0, 0.1) is 0 Å². The molecule has 1 aromatic carbocycles. The molecule has 0 bridgehead atoms. The van der Waals surface area contributed by atoms with Gasteiger partial charge in [-0.05, 0) is 42.8 Å². The van der Waals surface area contributed by atoms with Crippen LogP contribution >= 0.6 is 11.6 Å². The van der Waals surface area contributed by atoms with E-state index in [1.807, 2.05) is 6.07 Å². The van der Waals surface area contributed by atoms with Crippen LogP contribution in [0.25, 0.3) is 0 Å². The highest BCUT2D eigenvalue weighted by atomic mass is 35.5. The molecule has 4 rings (SSSR count). The van der Waals surface area contributed by atoms with Crippen molar-refractivity contribution in [3.63, 3.8) is 0 Å². The van der Waals surface area contributed by atoms with E-state index in [4.69, 9.17) is 11.6 Å². The lowest BCUT2D eigenvalue weighted by atomic mass is 9.89. The minimum Gasteiger partial charge on any atom is -0.370 e. The van der Waals surface area contributed by atoms with Crippen molar-refractivity contribution in [3.8, 4) is 0 Å². The van der Waals surface area contributed by atoms with Crippen LogP contribution in [-0.4, -0.2) is 31.2 Å². The Kier molecular flexibility index (Phi) is 4.23. The molecule has 0 saturated carbocycles. The van der Waals surface area contributed by atoms with E-state index < -0.39 is 11.7 Å². The van der Waals surface area contributed by atoms with Gasteiger partial charge in [-0.3, -0.25) is 0 Å². The van der Waals surface area contributed by atoms with Crippen LogP contribution in [0.2, 0.25) is 5.15 Å². The number of alkyl halides is 3. The molecule has 2 N–H and O–H groups in total. The minimum atomic E-state index is -4.43. The normalized spacial score (nSPS) is 22.1. The first-order valence-corrected chi connectivity index (χ1v) is 8.80. The van der Waals surface area contributed by atoms with E-state index in [2.05, 4.69) is 15.6 Å². The number of likely N-dealkylation sites (N-methyl/N-ethyl adjacent to an activating group) is 1. The monoisotopic (exact) mass is 382 g/mol. The Morgan fingerprint density at radius 3 is 2.88 bits per heavy atom. The Labute approximate surface area is 154 Å². The largest absolute Gasteiger partial charge is 0.418 e. The second kappa shape index (κ2) is 6.32. The average Bonchev–Trinajstić information content (AvgIpc) is 2.89. The van der Waals surface area contributed by atoms with Crippen molar-refractivity contribution in [3.05, 3.63) is 46.7 Å². The van der Waals surface area contributed by atoms with Crippen molar-refractivity contribution in [2.45, 2.75) is 24.6 Å². The quantitative estimate of drug-likeness (QED) is 0.756. The third-order valence-electron chi connectivity index (χ3n) is 5.18. The molecule has 3 heterocycles. The number of aromatic nitrogens is 1. The smallest absolute Gasteiger partial charge is 0.370 e. The highest BCUT2D eigenvalue weighted by molar-refractivity contribution is 6.32. The molecule has 2 aliphatic rings. The minimum absolute atomic E-state index is 0.0379. The molecule has 2 aromatic rings. The summed E-state index contributed by atoms with van der Waals surface area (Å²) in [4.78, 5) is 5.76. The molecule has 0 radical (unpaired) electrons. The van der Waals surface area contributed by atoms with Gasteiger partial charge in [0, 0.05) is 37.4 Å². The third kappa shape index (κ3) is 2.89. The van der Waals surface area contributed by atoms with Crippen LogP contribution in [0.15, 0.2) is 30.5 Å². The molecular weight excluding hydrogens is 365 g/mol. The summed E-state index contributed by atoms with van der Waals surface area (Å²) in [6.07, 6.45) is -2.08. The van der Waals surface area contributed by atoms with Gasteiger partial charge < -0.3 is 15.5 Å². The summed E-state index contributed by atoms with van der Waals surface area (Å²) < 4.78 is 41.4. The molecule has 8 heteroatoms. The predicted octanol–water partition coefficient (Wildman–Crippen LogP) is 4.39.